The van der Waals surface area contributed by atoms with Gasteiger partial charge in [0.2, 0.25) is 0 Å². The van der Waals surface area contributed by atoms with Crippen molar-refractivity contribution in [2.24, 2.45) is 0 Å². The summed E-state index contributed by atoms with van der Waals surface area (Å²) >= 11 is 6.13. The molecule has 0 atom stereocenters. The number of nitrogens with zero attached hydrogens (tertiary/aromatic N) is 1. The quantitative estimate of drug-likeness (QED) is 0.690. The molecule has 0 saturated carbocycles. The van der Waals surface area contributed by atoms with Gasteiger partial charge < -0.3 is 10.4 Å². The van der Waals surface area contributed by atoms with Crippen LogP contribution in [0.15, 0.2) is 18.2 Å². The van der Waals surface area contributed by atoms with Crippen LogP contribution in [0.3, 0.4) is 0 Å². The minimum absolute atomic E-state index is 0.284. The van der Waals surface area contributed by atoms with Gasteiger partial charge in [-0.05, 0) is 68.7 Å². The van der Waals surface area contributed by atoms with E-state index in [-0.39, 0.29) is 6.61 Å². The molecular weight excluding hydrogens is 320 g/mol. The van der Waals surface area contributed by atoms with E-state index in [2.05, 4.69) is 11.4 Å². The number of aromatic nitrogens is 1. The van der Waals surface area contributed by atoms with E-state index in [4.69, 9.17) is 21.7 Å². The summed E-state index contributed by atoms with van der Waals surface area (Å²) in [5.41, 5.74) is 4.87. The van der Waals surface area contributed by atoms with Gasteiger partial charge in [0.05, 0.1) is 5.52 Å². The summed E-state index contributed by atoms with van der Waals surface area (Å²) in [6.45, 7) is 5.22. The van der Waals surface area contributed by atoms with E-state index in [1.54, 1.807) is 0 Å². The Hall–Kier alpha value is -1.32. The van der Waals surface area contributed by atoms with Crippen molar-refractivity contribution in [3.63, 3.8) is 0 Å². The van der Waals surface area contributed by atoms with Crippen molar-refractivity contribution in [3.8, 4) is 0 Å². The zero-order valence-electron chi connectivity index (χ0n) is 14.9. The molecule has 0 aliphatic heterocycles. The number of aryl methyl sites for hydroxylation is 1. The number of aliphatic hydroxyl groups excluding tert-OH is 1. The summed E-state index contributed by atoms with van der Waals surface area (Å²) < 4.78 is 0. The number of rotatable bonds is 6. The van der Waals surface area contributed by atoms with Crippen LogP contribution in [-0.2, 0) is 12.8 Å². The minimum Gasteiger partial charge on any atom is -0.396 e. The third-order valence-electron chi connectivity index (χ3n) is 4.36. The highest BCUT2D eigenvalue weighted by Gasteiger charge is 2.18. The fraction of sp³-hybridized carbons (Fsp3) is 0.550. The van der Waals surface area contributed by atoms with E-state index >= 15 is 0 Å². The lowest BCUT2D eigenvalue weighted by atomic mass is 9.92. The molecule has 0 bridgehead atoms. The highest BCUT2D eigenvalue weighted by molar-refractivity contribution is 6.31. The zero-order valence-corrected chi connectivity index (χ0v) is 15.6. The Bertz CT molecular complexity index is 658. The van der Waals surface area contributed by atoms with Gasteiger partial charge in [-0.25, -0.2) is 0 Å². The van der Waals surface area contributed by atoms with Crippen LogP contribution in [0.2, 0.25) is 5.02 Å². The number of hydrogen-bond donors (Lipinski definition) is 2. The number of pyridine rings is 1. The lowest BCUT2D eigenvalue weighted by Crippen LogP contribution is -2.12. The van der Waals surface area contributed by atoms with E-state index in [1.165, 1.54) is 35.2 Å². The first-order valence-corrected chi connectivity index (χ1v) is 9.63. The van der Waals surface area contributed by atoms with Gasteiger partial charge in [-0.3, -0.25) is 4.98 Å². The van der Waals surface area contributed by atoms with Gasteiger partial charge in [0, 0.05) is 34.9 Å². The summed E-state index contributed by atoms with van der Waals surface area (Å²) in [6.07, 6.45) is 7.66. The van der Waals surface area contributed by atoms with Crippen molar-refractivity contribution >= 4 is 28.2 Å². The molecule has 3 rings (SSSR count). The van der Waals surface area contributed by atoms with Crippen molar-refractivity contribution in [1.29, 1.82) is 0 Å². The molecule has 1 aromatic heterocycles. The second-order valence-corrected chi connectivity index (χ2v) is 6.43. The Morgan fingerprint density at radius 1 is 1.12 bits per heavy atom. The van der Waals surface area contributed by atoms with Gasteiger partial charge in [0.1, 0.15) is 0 Å². The van der Waals surface area contributed by atoms with Gasteiger partial charge >= 0.3 is 0 Å². The Morgan fingerprint density at radius 2 is 1.92 bits per heavy atom. The van der Waals surface area contributed by atoms with Crippen LogP contribution < -0.4 is 5.32 Å². The van der Waals surface area contributed by atoms with Gasteiger partial charge in [-0.15, -0.1) is 0 Å². The van der Waals surface area contributed by atoms with Crippen LogP contribution in [0, 0.1) is 0 Å². The number of anilines is 1. The van der Waals surface area contributed by atoms with Crippen molar-refractivity contribution < 1.29 is 5.11 Å². The lowest BCUT2D eigenvalue weighted by Gasteiger charge is -2.21. The normalized spacial score (nSPS) is 13.2. The topological polar surface area (TPSA) is 45.1 Å². The highest BCUT2D eigenvalue weighted by atomic mass is 35.5. The van der Waals surface area contributed by atoms with Crippen LogP contribution in [0.1, 0.15) is 57.2 Å². The summed E-state index contributed by atoms with van der Waals surface area (Å²) in [4.78, 5) is 4.84. The third-order valence-corrected chi connectivity index (χ3v) is 4.60. The monoisotopic (exact) mass is 348 g/mol. The van der Waals surface area contributed by atoms with Gasteiger partial charge in [-0.2, -0.15) is 0 Å². The second-order valence-electron chi connectivity index (χ2n) is 5.99. The molecule has 0 spiro atoms. The molecule has 0 fully saturated rings. The number of nitrogens with one attached hydrogen (secondary N) is 1. The van der Waals surface area contributed by atoms with Crippen molar-refractivity contribution in [2.75, 3.05) is 18.5 Å². The van der Waals surface area contributed by atoms with E-state index in [1.807, 2.05) is 26.0 Å². The Kier molecular flexibility index (Phi) is 7.80. The summed E-state index contributed by atoms with van der Waals surface area (Å²) in [6, 6.07) is 5.98. The first-order chi connectivity index (χ1) is 11.8. The summed E-state index contributed by atoms with van der Waals surface area (Å²) in [5.74, 6) is 0. The number of aliphatic hydroxyl groups is 1. The molecule has 4 heteroatoms. The first kappa shape index (κ1) is 19.0. The zero-order chi connectivity index (χ0) is 17.4. The maximum atomic E-state index is 8.87. The van der Waals surface area contributed by atoms with Crippen molar-refractivity contribution in [3.05, 3.63) is 34.5 Å². The molecule has 2 aromatic rings. The molecule has 1 aliphatic carbocycles. The fourth-order valence-electron chi connectivity index (χ4n) is 3.23. The molecule has 1 heterocycles. The highest BCUT2D eigenvalue weighted by Crippen LogP contribution is 2.34. The number of fused-ring (bicyclic) bond motifs is 2. The number of hydrogen-bond acceptors (Lipinski definition) is 3. The molecule has 0 radical (unpaired) electrons. The average molecular weight is 349 g/mol. The summed E-state index contributed by atoms with van der Waals surface area (Å²) in [5, 5.41) is 14.4. The Morgan fingerprint density at radius 3 is 2.71 bits per heavy atom. The third kappa shape index (κ3) is 4.61. The predicted molar refractivity (Wildman–Crippen MR) is 104 cm³/mol. The Balaban J connectivity index is 0.00000100. The molecule has 0 unspecified atom stereocenters. The molecular formula is C20H29ClN2O. The van der Waals surface area contributed by atoms with E-state index in [9.17, 15) is 0 Å². The second kappa shape index (κ2) is 9.85. The maximum Gasteiger partial charge on any atom is 0.0741 e. The van der Waals surface area contributed by atoms with E-state index in [0.29, 0.717) is 0 Å². The predicted octanol–water partition coefficient (Wildman–Crippen LogP) is 5.37. The molecule has 1 aromatic carbocycles. The van der Waals surface area contributed by atoms with Crippen LogP contribution in [-0.4, -0.2) is 23.2 Å². The van der Waals surface area contributed by atoms with Crippen molar-refractivity contribution in [2.45, 2.75) is 58.8 Å². The fourth-order valence-corrected chi connectivity index (χ4v) is 3.39. The van der Waals surface area contributed by atoms with Crippen LogP contribution in [0.5, 0.6) is 0 Å². The standard InChI is InChI=1S/C18H23ClN2O.C2H6/c19-13-8-9-15-17(12-13)21-16-7-3-2-6-14(16)18(15)20-10-4-1-5-11-22;1-2/h8-9,12,22H,1-7,10-11H2,(H,20,21);1-2H3. The van der Waals surface area contributed by atoms with Crippen molar-refractivity contribution in [1.82, 2.24) is 4.98 Å². The molecule has 2 N–H and O–H groups in total. The SMILES string of the molecule is CC.OCCCCCNc1c2c(nc3cc(Cl)ccc13)CCCC2. The molecule has 1 aliphatic rings. The van der Waals surface area contributed by atoms with Crippen LogP contribution in [0.4, 0.5) is 5.69 Å². The maximum absolute atomic E-state index is 8.87. The van der Waals surface area contributed by atoms with Gasteiger partial charge in [0.15, 0.2) is 0 Å². The Labute approximate surface area is 150 Å². The number of unbranched alkanes of at least 4 members (excludes halogenated alkanes) is 2. The molecule has 3 nitrogen and oxygen atoms in total. The smallest absolute Gasteiger partial charge is 0.0741 e. The summed E-state index contributed by atoms with van der Waals surface area (Å²) in [7, 11) is 0. The van der Waals surface area contributed by atoms with E-state index < -0.39 is 0 Å². The number of halogens is 1. The average Bonchev–Trinajstić information content (AvgIpc) is 2.62. The molecule has 132 valence electrons. The van der Waals surface area contributed by atoms with Crippen LogP contribution in [0.25, 0.3) is 10.9 Å². The largest absolute Gasteiger partial charge is 0.396 e. The van der Waals surface area contributed by atoms with Gasteiger partial charge in [0.25, 0.3) is 0 Å². The first-order valence-electron chi connectivity index (χ1n) is 9.25. The van der Waals surface area contributed by atoms with Gasteiger partial charge in [-0.1, -0.05) is 25.4 Å². The molecule has 0 saturated heterocycles. The molecule has 24 heavy (non-hydrogen) atoms. The van der Waals surface area contributed by atoms with Crippen LogP contribution >= 0.6 is 11.6 Å². The molecule has 0 amide bonds. The lowest BCUT2D eigenvalue weighted by molar-refractivity contribution is 0.283. The van der Waals surface area contributed by atoms with E-state index in [0.717, 1.165) is 49.2 Å². The minimum atomic E-state index is 0.284. The number of benzene rings is 1.